The van der Waals surface area contributed by atoms with E-state index in [-0.39, 0.29) is 10.6 Å². The van der Waals surface area contributed by atoms with Gasteiger partial charge in [0.2, 0.25) is 4.77 Å². The van der Waals surface area contributed by atoms with Gasteiger partial charge in [-0.05, 0) is 46.9 Å². The number of para-hydroxylation sites is 1. The zero-order valence-electron chi connectivity index (χ0n) is 15.1. The second-order valence-electron chi connectivity index (χ2n) is 6.68. The Kier molecular flexibility index (Phi) is 5.13. The van der Waals surface area contributed by atoms with Crippen LogP contribution < -0.4 is 9.80 Å². The van der Waals surface area contributed by atoms with Crippen LogP contribution in [-0.2, 0) is 6.67 Å². The van der Waals surface area contributed by atoms with Gasteiger partial charge >= 0.3 is 0 Å². The summed E-state index contributed by atoms with van der Waals surface area (Å²) < 4.78 is 4.01. The monoisotopic (exact) mass is 398 g/mol. The van der Waals surface area contributed by atoms with E-state index in [0.717, 1.165) is 37.6 Å². The number of aromatic nitrogens is 4. The van der Waals surface area contributed by atoms with Crippen LogP contribution in [-0.4, -0.2) is 50.9 Å². The summed E-state index contributed by atoms with van der Waals surface area (Å²) in [5.74, 6) is 0. The molecule has 9 nitrogen and oxygen atoms in total. The molecule has 1 aliphatic heterocycles. The molecule has 0 atom stereocenters. The molecule has 0 spiro atoms. The third kappa shape index (κ3) is 3.78. The van der Waals surface area contributed by atoms with E-state index in [1.54, 1.807) is 21.5 Å². The lowest BCUT2D eigenvalue weighted by Crippen LogP contribution is -3.14. The molecule has 0 radical (unpaired) electrons. The molecule has 2 heterocycles. The van der Waals surface area contributed by atoms with Crippen LogP contribution in [0.5, 0.6) is 0 Å². The lowest BCUT2D eigenvalue weighted by atomic mass is 10.2. The minimum absolute atomic E-state index is 0.115. The molecule has 0 saturated carbocycles. The molecule has 1 N–H and O–H groups in total. The van der Waals surface area contributed by atoms with Crippen molar-refractivity contribution in [3.8, 4) is 5.69 Å². The number of non-ortho nitro benzene ring substituents is 1. The van der Waals surface area contributed by atoms with E-state index >= 15 is 0 Å². The summed E-state index contributed by atoms with van der Waals surface area (Å²) in [4.78, 5) is 14.0. The van der Waals surface area contributed by atoms with Crippen LogP contribution in [0.15, 0.2) is 54.6 Å². The number of tetrazole rings is 1. The van der Waals surface area contributed by atoms with Crippen LogP contribution in [0.1, 0.15) is 0 Å². The Morgan fingerprint density at radius 1 is 1.00 bits per heavy atom. The van der Waals surface area contributed by atoms with Crippen LogP contribution in [0.25, 0.3) is 5.69 Å². The fraction of sp³-hybridized carbons (Fsp3) is 0.278. The van der Waals surface area contributed by atoms with E-state index in [0.29, 0.717) is 11.4 Å². The molecular weight excluding hydrogens is 378 g/mol. The maximum absolute atomic E-state index is 10.8. The zero-order chi connectivity index (χ0) is 19.5. The number of piperazine rings is 1. The standard InChI is InChI=1S/C18H19N7O2S/c26-25(27)17-8-6-15(7-9-17)22-12-10-21(11-13-22)14-23-18(28)24(20-19-23)16-4-2-1-3-5-16/h1-9H,10-14H2/p+1. The van der Waals surface area contributed by atoms with Gasteiger partial charge < -0.3 is 9.80 Å². The molecule has 1 saturated heterocycles. The van der Waals surface area contributed by atoms with Crippen molar-refractivity contribution in [3.05, 3.63) is 69.5 Å². The Labute approximate surface area is 166 Å². The molecule has 1 aliphatic rings. The molecule has 0 unspecified atom stereocenters. The van der Waals surface area contributed by atoms with Gasteiger partial charge in [-0.3, -0.25) is 10.1 Å². The molecule has 0 bridgehead atoms. The molecule has 4 rings (SSSR count). The van der Waals surface area contributed by atoms with Gasteiger partial charge in [-0.15, -0.1) is 0 Å². The third-order valence-corrected chi connectivity index (χ3v) is 5.29. The van der Waals surface area contributed by atoms with E-state index < -0.39 is 0 Å². The van der Waals surface area contributed by atoms with Crippen molar-refractivity contribution in [2.75, 3.05) is 31.1 Å². The fourth-order valence-electron chi connectivity index (χ4n) is 3.34. The highest BCUT2D eigenvalue weighted by Gasteiger charge is 2.22. The molecule has 2 aromatic carbocycles. The Morgan fingerprint density at radius 3 is 2.32 bits per heavy atom. The minimum atomic E-state index is -0.377. The van der Waals surface area contributed by atoms with Crippen molar-refractivity contribution < 1.29 is 9.82 Å². The first-order valence-electron chi connectivity index (χ1n) is 9.03. The number of hydrogen-bond acceptors (Lipinski definition) is 6. The predicted octanol–water partition coefficient (Wildman–Crippen LogP) is 1.07. The van der Waals surface area contributed by atoms with E-state index in [9.17, 15) is 10.1 Å². The molecule has 0 aliphatic carbocycles. The van der Waals surface area contributed by atoms with Crippen LogP contribution in [0.3, 0.4) is 0 Å². The maximum Gasteiger partial charge on any atom is 0.269 e. The van der Waals surface area contributed by atoms with Crippen molar-refractivity contribution in [3.63, 3.8) is 0 Å². The quantitative estimate of drug-likeness (QED) is 0.393. The highest BCUT2D eigenvalue weighted by Crippen LogP contribution is 2.19. The summed E-state index contributed by atoms with van der Waals surface area (Å²) in [6, 6.07) is 16.5. The highest BCUT2D eigenvalue weighted by molar-refractivity contribution is 7.71. The van der Waals surface area contributed by atoms with E-state index in [1.807, 2.05) is 42.5 Å². The number of rotatable bonds is 5. The summed E-state index contributed by atoms with van der Waals surface area (Å²) in [6.07, 6.45) is 0. The van der Waals surface area contributed by atoms with Gasteiger partial charge in [-0.1, -0.05) is 18.2 Å². The smallest absolute Gasteiger partial charge is 0.269 e. The van der Waals surface area contributed by atoms with Gasteiger partial charge in [-0.25, -0.2) is 0 Å². The maximum atomic E-state index is 10.8. The zero-order valence-corrected chi connectivity index (χ0v) is 16.0. The summed E-state index contributed by atoms with van der Waals surface area (Å²) >= 11 is 5.53. The molecule has 0 amide bonds. The first-order valence-corrected chi connectivity index (χ1v) is 9.44. The van der Waals surface area contributed by atoms with E-state index in [4.69, 9.17) is 12.2 Å². The normalized spacial score (nSPS) is 14.9. The Bertz CT molecular complexity index is 1010. The van der Waals surface area contributed by atoms with Gasteiger partial charge in [0.1, 0.15) is 0 Å². The number of nitrogens with zero attached hydrogens (tertiary/aromatic N) is 6. The van der Waals surface area contributed by atoms with Crippen LogP contribution >= 0.6 is 12.2 Å². The van der Waals surface area contributed by atoms with E-state index in [1.165, 1.54) is 4.90 Å². The summed E-state index contributed by atoms with van der Waals surface area (Å²) in [5, 5.41) is 19.2. The van der Waals surface area contributed by atoms with Crippen LogP contribution in [0, 0.1) is 14.9 Å². The topological polar surface area (TPSA) is 86.5 Å². The second-order valence-corrected chi connectivity index (χ2v) is 7.04. The predicted molar refractivity (Wildman–Crippen MR) is 106 cm³/mol. The lowest BCUT2D eigenvalue weighted by molar-refractivity contribution is -0.924. The molecule has 1 aromatic heterocycles. The fourth-order valence-corrected chi connectivity index (χ4v) is 3.58. The Hall–Kier alpha value is -3.11. The molecule has 144 valence electrons. The van der Waals surface area contributed by atoms with Crippen LogP contribution in [0.4, 0.5) is 11.4 Å². The average molecular weight is 398 g/mol. The second kappa shape index (κ2) is 7.87. The number of benzene rings is 2. The first kappa shape index (κ1) is 18.3. The minimum Gasteiger partial charge on any atom is -0.360 e. The third-order valence-electron chi connectivity index (χ3n) is 4.91. The van der Waals surface area contributed by atoms with Gasteiger partial charge in [0.15, 0.2) is 6.67 Å². The van der Waals surface area contributed by atoms with E-state index in [2.05, 4.69) is 15.3 Å². The molecule has 3 aromatic rings. The summed E-state index contributed by atoms with van der Waals surface area (Å²) in [7, 11) is 0. The number of hydrogen-bond donors (Lipinski definition) is 1. The number of anilines is 1. The Morgan fingerprint density at radius 2 is 1.68 bits per heavy atom. The van der Waals surface area contributed by atoms with Crippen LogP contribution in [0.2, 0.25) is 0 Å². The number of nitro benzene ring substituents is 1. The summed E-state index contributed by atoms with van der Waals surface area (Å²) in [5.41, 5.74) is 2.02. The average Bonchev–Trinajstić information content (AvgIpc) is 3.09. The first-order chi connectivity index (χ1) is 13.6. The Balaban J connectivity index is 1.38. The van der Waals surface area contributed by atoms with Gasteiger partial charge in [0, 0.05) is 17.8 Å². The number of nitrogens with one attached hydrogen (secondary N) is 1. The van der Waals surface area contributed by atoms with Crippen molar-refractivity contribution >= 4 is 23.6 Å². The van der Waals surface area contributed by atoms with Crippen molar-refractivity contribution in [2.24, 2.45) is 0 Å². The number of nitro groups is 1. The molecule has 1 fully saturated rings. The van der Waals surface area contributed by atoms with Gasteiger partial charge in [0.25, 0.3) is 5.69 Å². The lowest BCUT2D eigenvalue weighted by Gasteiger charge is -2.33. The van der Waals surface area contributed by atoms with Crippen molar-refractivity contribution in [2.45, 2.75) is 6.67 Å². The van der Waals surface area contributed by atoms with Gasteiger partial charge in [-0.2, -0.15) is 9.36 Å². The molecule has 28 heavy (non-hydrogen) atoms. The number of quaternary nitrogens is 1. The summed E-state index contributed by atoms with van der Waals surface area (Å²) in [6.45, 7) is 4.26. The molecular formula is C18H20N7O2S+. The van der Waals surface area contributed by atoms with Gasteiger partial charge in [0.05, 0.1) is 36.8 Å². The largest absolute Gasteiger partial charge is 0.360 e. The van der Waals surface area contributed by atoms with Crippen molar-refractivity contribution in [1.29, 1.82) is 0 Å². The van der Waals surface area contributed by atoms with Crippen molar-refractivity contribution in [1.82, 2.24) is 19.8 Å². The SMILES string of the molecule is O=[N+]([O-])c1ccc(N2CC[NH+](Cn3nnn(-c4ccccc4)c3=S)CC2)cc1. The highest BCUT2D eigenvalue weighted by atomic mass is 32.1. The molecule has 10 heteroatoms.